The molecule has 1 aliphatic rings. The number of nitrogens with zero attached hydrogens (tertiary/aromatic N) is 2. The Morgan fingerprint density at radius 3 is 2.74 bits per heavy atom. The third-order valence-electron chi connectivity index (χ3n) is 3.80. The lowest BCUT2D eigenvalue weighted by Gasteiger charge is -2.20. The third-order valence-corrected chi connectivity index (χ3v) is 3.80. The van der Waals surface area contributed by atoms with E-state index in [1.54, 1.807) is 4.90 Å². The average Bonchev–Trinajstić information content (AvgIpc) is 2.64. The van der Waals surface area contributed by atoms with Crippen molar-refractivity contribution in [3.05, 3.63) is 34.9 Å². The first-order valence-corrected chi connectivity index (χ1v) is 6.74. The van der Waals surface area contributed by atoms with Gasteiger partial charge in [-0.2, -0.15) is 0 Å². The SMILES string of the molecule is Cc1ccc(C2CN(CCCO)C(=O)N2C)c(C)c1. The number of amides is 2. The van der Waals surface area contributed by atoms with Crippen LogP contribution in [0.15, 0.2) is 18.2 Å². The van der Waals surface area contributed by atoms with E-state index < -0.39 is 0 Å². The molecule has 4 nitrogen and oxygen atoms in total. The van der Waals surface area contributed by atoms with Gasteiger partial charge in [0.25, 0.3) is 0 Å². The molecule has 1 unspecified atom stereocenters. The van der Waals surface area contributed by atoms with Gasteiger partial charge in [-0.15, -0.1) is 0 Å². The van der Waals surface area contributed by atoms with Crippen LogP contribution in [-0.4, -0.2) is 47.7 Å². The summed E-state index contributed by atoms with van der Waals surface area (Å²) in [6, 6.07) is 6.54. The van der Waals surface area contributed by atoms with Gasteiger partial charge >= 0.3 is 6.03 Å². The molecule has 0 saturated carbocycles. The molecular weight excluding hydrogens is 240 g/mol. The molecule has 1 aromatic rings. The number of urea groups is 1. The zero-order valence-corrected chi connectivity index (χ0v) is 11.9. The molecule has 0 aliphatic carbocycles. The zero-order valence-electron chi connectivity index (χ0n) is 11.9. The van der Waals surface area contributed by atoms with Crippen molar-refractivity contribution in [1.29, 1.82) is 0 Å². The maximum atomic E-state index is 12.1. The van der Waals surface area contributed by atoms with Gasteiger partial charge in [0.05, 0.1) is 6.04 Å². The van der Waals surface area contributed by atoms with Gasteiger partial charge in [0.15, 0.2) is 0 Å². The molecule has 0 spiro atoms. The molecule has 104 valence electrons. The number of aryl methyl sites for hydroxylation is 2. The van der Waals surface area contributed by atoms with Crippen LogP contribution in [0.5, 0.6) is 0 Å². The minimum absolute atomic E-state index is 0.0541. The number of benzene rings is 1. The molecule has 1 saturated heterocycles. The molecule has 2 amide bonds. The molecule has 1 aliphatic heterocycles. The van der Waals surface area contributed by atoms with Gasteiger partial charge in [-0.1, -0.05) is 23.8 Å². The lowest BCUT2D eigenvalue weighted by molar-refractivity contribution is 0.191. The average molecular weight is 262 g/mol. The van der Waals surface area contributed by atoms with Crippen molar-refractivity contribution in [3.8, 4) is 0 Å². The van der Waals surface area contributed by atoms with Gasteiger partial charge in [-0.05, 0) is 31.4 Å². The quantitative estimate of drug-likeness (QED) is 0.903. The minimum Gasteiger partial charge on any atom is -0.396 e. The first kappa shape index (κ1) is 13.9. The van der Waals surface area contributed by atoms with Gasteiger partial charge in [0.2, 0.25) is 0 Å². The summed E-state index contributed by atoms with van der Waals surface area (Å²) in [5.74, 6) is 0. The maximum absolute atomic E-state index is 12.1. The predicted molar refractivity (Wildman–Crippen MR) is 75.1 cm³/mol. The molecule has 1 aromatic carbocycles. The standard InChI is InChI=1S/C15H22N2O2/c1-11-5-6-13(12(2)9-11)14-10-17(7-4-8-18)15(19)16(14)3/h5-6,9,14,18H,4,7-8,10H2,1-3H3. The van der Waals surface area contributed by atoms with E-state index in [0.29, 0.717) is 19.5 Å². The number of hydrogen-bond acceptors (Lipinski definition) is 2. The number of carbonyl (C=O) groups is 1. The van der Waals surface area contributed by atoms with Crippen LogP contribution in [-0.2, 0) is 0 Å². The van der Waals surface area contributed by atoms with Gasteiger partial charge < -0.3 is 14.9 Å². The Kier molecular flexibility index (Phi) is 4.10. The van der Waals surface area contributed by atoms with E-state index in [4.69, 9.17) is 5.11 Å². The van der Waals surface area contributed by atoms with Crippen molar-refractivity contribution in [2.24, 2.45) is 0 Å². The molecule has 1 atom stereocenters. The van der Waals surface area contributed by atoms with E-state index in [0.717, 1.165) is 0 Å². The normalized spacial score (nSPS) is 19.4. The van der Waals surface area contributed by atoms with E-state index in [2.05, 4.69) is 32.0 Å². The number of hydrogen-bond donors (Lipinski definition) is 1. The zero-order chi connectivity index (χ0) is 14.0. The molecule has 19 heavy (non-hydrogen) atoms. The summed E-state index contributed by atoms with van der Waals surface area (Å²) in [7, 11) is 1.85. The number of aliphatic hydroxyl groups is 1. The Bertz CT molecular complexity index is 473. The fourth-order valence-corrected chi connectivity index (χ4v) is 2.72. The van der Waals surface area contributed by atoms with Crippen LogP contribution in [0, 0.1) is 13.8 Å². The van der Waals surface area contributed by atoms with Crippen LogP contribution < -0.4 is 0 Å². The minimum atomic E-state index is 0.0541. The predicted octanol–water partition coefficient (Wildman–Crippen LogP) is 2.09. The van der Waals surface area contributed by atoms with E-state index in [-0.39, 0.29) is 18.7 Å². The molecule has 0 radical (unpaired) electrons. The van der Waals surface area contributed by atoms with Crippen molar-refractivity contribution in [2.45, 2.75) is 26.3 Å². The van der Waals surface area contributed by atoms with Crippen LogP contribution >= 0.6 is 0 Å². The Labute approximate surface area is 114 Å². The molecule has 2 rings (SSSR count). The largest absolute Gasteiger partial charge is 0.396 e. The Balaban J connectivity index is 2.19. The van der Waals surface area contributed by atoms with Gasteiger partial charge in [-0.25, -0.2) is 4.79 Å². The Hall–Kier alpha value is -1.55. The van der Waals surface area contributed by atoms with Gasteiger partial charge in [0, 0.05) is 26.7 Å². The van der Waals surface area contributed by atoms with Crippen molar-refractivity contribution in [2.75, 3.05) is 26.7 Å². The second-order valence-electron chi connectivity index (χ2n) is 5.29. The van der Waals surface area contributed by atoms with Gasteiger partial charge in [-0.3, -0.25) is 0 Å². The number of likely N-dealkylation sites (N-methyl/N-ethyl adjacent to an activating group) is 1. The fraction of sp³-hybridized carbons (Fsp3) is 0.533. The van der Waals surface area contributed by atoms with Crippen molar-refractivity contribution >= 4 is 6.03 Å². The van der Waals surface area contributed by atoms with E-state index >= 15 is 0 Å². The molecule has 0 bridgehead atoms. The molecule has 1 fully saturated rings. The molecule has 1 heterocycles. The van der Waals surface area contributed by atoms with E-state index in [1.165, 1.54) is 16.7 Å². The first-order chi connectivity index (χ1) is 9.04. The Morgan fingerprint density at radius 2 is 2.11 bits per heavy atom. The molecular formula is C15H22N2O2. The summed E-state index contributed by atoms with van der Waals surface area (Å²) in [6.45, 7) is 5.63. The summed E-state index contributed by atoms with van der Waals surface area (Å²) in [4.78, 5) is 15.8. The highest BCUT2D eigenvalue weighted by Crippen LogP contribution is 2.30. The van der Waals surface area contributed by atoms with E-state index in [1.807, 2.05) is 11.9 Å². The van der Waals surface area contributed by atoms with Crippen LogP contribution in [0.1, 0.15) is 29.2 Å². The second kappa shape index (κ2) is 5.61. The van der Waals surface area contributed by atoms with Crippen LogP contribution in [0.3, 0.4) is 0 Å². The van der Waals surface area contributed by atoms with Crippen molar-refractivity contribution in [1.82, 2.24) is 9.80 Å². The molecule has 0 aromatic heterocycles. The smallest absolute Gasteiger partial charge is 0.320 e. The lowest BCUT2D eigenvalue weighted by atomic mass is 9.99. The summed E-state index contributed by atoms with van der Waals surface area (Å²) in [6.07, 6.45) is 0.638. The number of carbonyl (C=O) groups excluding carboxylic acids is 1. The summed E-state index contributed by atoms with van der Waals surface area (Å²) >= 11 is 0. The summed E-state index contributed by atoms with van der Waals surface area (Å²) in [5.41, 5.74) is 3.69. The highest BCUT2D eigenvalue weighted by molar-refractivity contribution is 5.77. The van der Waals surface area contributed by atoms with Crippen LogP contribution in [0.4, 0.5) is 4.79 Å². The number of aliphatic hydroxyl groups excluding tert-OH is 1. The highest BCUT2D eigenvalue weighted by atomic mass is 16.3. The monoisotopic (exact) mass is 262 g/mol. The van der Waals surface area contributed by atoms with Gasteiger partial charge in [0.1, 0.15) is 0 Å². The molecule has 1 N–H and O–H groups in total. The first-order valence-electron chi connectivity index (χ1n) is 6.74. The Morgan fingerprint density at radius 1 is 1.37 bits per heavy atom. The van der Waals surface area contributed by atoms with Crippen LogP contribution in [0.2, 0.25) is 0 Å². The van der Waals surface area contributed by atoms with Crippen molar-refractivity contribution < 1.29 is 9.90 Å². The highest BCUT2D eigenvalue weighted by Gasteiger charge is 2.35. The van der Waals surface area contributed by atoms with Crippen molar-refractivity contribution in [3.63, 3.8) is 0 Å². The third kappa shape index (κ3) is 2.73. The molecule has 4 heteroatoms. The number of rotatable bonds is 4. The maximum Gasteiger partial charge on any atom is 0.320 e. The van der Waals surface area contributed by atoms with Crippen LogP contribution in [0.25, 0.3) is 0 Å². The summed E-state index contributed by atoms with van der Waals surface area (Å²) < 4.78 is 0. The summed E-state index contributed by atoms with van der Waals surface area (Å²) in [5, 5.41) is 8.88. The lowest BCUT2D eigenvalue weighted by Crippen LogP contribution is -2.30. The topological polar surface area (TPSA) is 43.8 Å². The van der Waals surface area contributed by atoms with E-state index in [9.17, 15) is 4.79 Å². The fourth-order valence-electron chi connectivity index (χ4n) is 2.72. The second-order valence-corrected chi connectivity index (χ2v) is 5.29.